The lowest BCUT2D eigenvalue weighted by atomic mass is 10.1. The normalized spacial score (nSPS) is 12.4. The number of nitrogens with one attached hydrogen (secondary N) is 2. The summed E-state index contributed by atoms with van der Waals surface area (Å²) in [6.07, 6.45) is 3.44. The quantitative estimate of drug-likeness (QED) is 0.362. The van der Waals surface area contributed by atoms with Crippen molar-refractivity contribution in [3.8, 4) is 5.69 Å². The van der Waals surface area contributed by atoms with Gasteiger partial charge in [0.05, 0.1) is 33.6 Å². The van der Waals surface area contributed by atoms with E-state index in [1.54, 1.807) is 24.3 Å². The van der Waals surface area contributed by atoms with Crippen LogP contribution in [0.4, 0.5) is 10.2 Å². The summed E-state index contributed by atoms with van der Waals surface area (Å²) in [5.74, 6) is 0.121. The monoisotopic (exact) mass is 483 g/mol. The first-order valence-corrected chi connectivity index (χ1v) is 10.8. The van der Waals surface area contributed by atoms with Gasteiger partial charge in [0, 0.05) is 0 Å². The van der Waals surface area contributed by atoms with Crippen LogP contribution in [0.1, 0.15) is 25.2 Å². The Morgan fingerprint density at radius 3 is 2.79 bits per heavy atom. The molecule has 11 heteroatoms. The number of imidazole rings is 1. The van der Waals surface area contributed by atoms with E-state index in [-0.39, 0.29) is 20.9 Å². The maximum atomic E-state index is 14.7. The van der Waals surface area contributed by atoms with Crippen molar-refractivity contribution in [3.63, 3.8) is 0 Å². The van der Waals surface area contributed by atoms with E-state index in [0.29, 0.717) is 34.9 Å². The minimum Gasteiger partial charge on any atom is -0.358 e. The third-order valence-electron chi connectivity index (χ3n) is 5.29. The molecule has 5 aromatic rings. The standard InChI is InChI=1S/C22H16Cl2FN7O/c1-2-13(30-20-18-19(27-9-26-18)28-10-29-20)21-31-14-7-4-6-12(25)16(14)22(33)32(21)15-8-3-5-11(23)17(15)24/h3-10,13H,2H2,1H3,(H2,26,27,28,29,30). The second-order valence-electron chi connectivity index (χ2n) is 7.24. The molecule has 0 saturated carbocycles. The van der Waals surface area contributed by atoms with Crippen LogP contribution in [0.25, 0.3) is 27.8 Å². The van der Waals surface area contributed by atoms with Crippen LogP contribution in [0.15, 0.2) is 53.8 Å². The molecular weight excluding hydrogens is 468 g/mol. The number of nitrogens with zero attached hydrogens (tertiary/aromatic N) is 5. The third kappa shape index (κ3) is 3.59. The highest BCUT2D eigenvalue weighted by molar-refractivity contribution is 6.43. The largest absolute Gasteiger partial charge is 0.358 e. The van der Waals surface area contributed by atoms with Gasteiger partial charge in [-0.25, -0.2) is 24.3 Å². The first kappa shape index (κ1) is 21.3. The van der Waals surface area contributed by atoms with E-state index in [2.05, 4.69) is 30.2 Å². The third-order valence-corrected chi connectivity index (χ3v) is 6.10. The minimum atomic E-state index is -0.668. The Bertz CT molecular complexity index is 1570. The number of fused-ring (bicyclic) bond motifs is 2. The van der Waals surface area contributed by atoms with E-state index in [1.807, 2.05) is 6.92 Å². The van der Waals surface area contributed by atoms with Crippen LogP contribution in [0, 0.1) is 5.82 Å². The van der Waals surface area contributed by atoms with Gasteiger partial charge < -0.3 is 10.3 Å². The number of aromatic nitrogens is 6. The number of hydrogen-bond donors (Lipinski definition) is 2. The summed E-state index contributed by atoms with van der Waals surface area (Å²) in [4.78, 5) is 33.9. The van der Waals surface area contributed by atoms with E-state index in [1.165, 1.54) is 29.4 Å². The van der Waals surface area contributed by atoms with Gasteiger partial charge in [-0.05, 0) is 30.7 Å². The summed E-state index contributed by atoms with van der Waals surface area (Å²) in [6.45, 7) is 1.92. The lowest BCUT2D eigenvalue weighted by molar-refractivity contribution is 0.630. The molecule has 33 heavy (non-hydrogen) atoms. The SMILES string of the molecule is CCC(Nc1ncnc2[nH]cnc12)c1nc2cccc(F)c2c(=O)n1-c1cccc(Cl)c1Cl. The fourth-order valence-electron chi connectivity index (χ4n) is 3.72. The van der Waals surface area contributed by atoms with Crippen molar-refractivity contribution in [2.24, 2.45) is 0 Å². The van der Waals surface area contributed by atoms with Crippen molar-refractivity contribution < 1.29 is 4.39 Å². The molecule has 3 aromatic heterocycles. The number of benzene rings is 2. The van der Waals surface area contributed by atoms with Gasteiger partial charge in [-0.2, -0.15) is 0 Å². The van der Waals surface area contributed by atoms with Gasteiger partial charge in [0.1, 0.15) is 28.9 Å². The highest BCUT2D eigenvalue weighted by atomic mass is 35.5. The summed E-state index contributed by atoms with van der Waals surface area (Å²) in [5.41, 5.74) is 1.04. The first-order valence-electron chi connectivity index (χ1n) is 10.1. The van der Waals surface area contributed by atoms with Crippen molar-refractivity contribution in [1.82, 2.24) is 29.5 Å². The molecule has 0 saturated heterocycles. The summed E-state index contributed by atoms with van der Waals surface area (Å²) in [7, 11) is 0. The molecule has 0 aliphatic carbocycles. The molecule has 8 nitrogen and oxygen atoms in total. The zero-order chi connectivity index (χ0) is 23.1. The van der Waals surface area contributed by atoms with Gasteiger partial charge in [-0.1, -0.05) is 42.3 Å². The van der Waals surface area contributed by atoms with E-state index >= 15 is 0 Å². The summed E-state index contributed by atoms with van der Waals surface area (Å²) >= 11 is 12.7. The topological polar surface area (TPSA) is 101 Å². The van der Waals surface area contributed by atoms with E-state index in [0.717, 1.165) is 0 Å². The smallest absolute Gasteiger partial charge is 0.269 e. The van der Waals surface area contributed by atoms with Crippen LogP contribution in [0.5, 0.6) is 0 Å². The van der Waals surface area contributed by atoms with Crippen LogP contribution in [-0.4, -0.2) is 29.5 Å². The van der Waals surface area contributed by atoms with Gasteiger partial charge in [0.2, 0.25) is 0 Å². The fraction of sp³-hybridized carbons (Fsp3) is 0.136. The van der Waals surface area contributed by atoms with Gasteiger partial charge in [0.15, 0.2) is 11.5 Å². The maximum Gasteiger partial charge on any atom is 0.269 e. The summed E-state index contributed by atoms with van der Waals surface area (Å²) in [5, 5.41) is 3.58. The van der Waals surface area contributed by atoms with Crippen molar-refractivity contribution in [2.75, 3.05) is 5.32 Å². The molecule has 0 aliphatic rings. The second kappa shape index (κ2) is 8.42. The van der Waals surface area contributed by atoms with E-state index in [9.17, 15) is 9.18 Å². The summed E-state index contributed by atoms with van der Waals surface area (Å²) in [6, 6.07) is 8.73. The van der Waals surface area contributed by atoms with Gasteiger partial charge in [-0.15, -0.1) is 0 Å². The molecule has 166 valence electrons. The Balaban J connectivity index is 1.78. The molecule has 0 fully saturated rings. The second-order valence-corrected chi connectivity index (χ2v) is 8.03. The average Bonchev–Trinajstić information content (AvgIpc) is 3.29. The van der Waals surface area contributed by atoms with Crippen LogP contribution >= 0.6 is 23.2 Å². The molecule has 0 amide bonds. The molecule has 1 unspecified atom stereocenters. The lowest BCUT2D eigenvalue weighted by Crippen LogP contribution is -2.29. The molecule has 0 radical (unpaired) electrons. The number of aromatic amines is 1. The molecule has 1 atom stereocenters. The molecule has 5 rings (SSSR count). The zero-order valence-electron chi connectivity index (χ0n) is 17.2. The summed E-state index contributed by atoms with van der Waals surface area (Å²) < 4.78 is 16.0. The van der Waals surface area contributed by atoms with E-state index < -0.39 is 17.4 Å². The first-order chi connectivity index (χ1) is 16.0. The minimum absolute atomic E-state index is 0.135. The molecule has 0 spiro atoms. The van der Waals surface area contributed by atoms with Crippen LogP contribution in [0.3, 0.4) is 0 Å². The predicted molar refractivity (Wildman–Crippen MR) is 126 cm³/mol. The maximum absolute atomic E-state index is 14.7. The number of H-pyrrole nitrogens is 1. The lowest BCUT2D eigenvalue weighted by Gasteiger charge is -2.23. The molecule has 2 N–H and O–H groups in total. The van der Waals surface area contributed by atoms with Crippen LogP contribution in [0.2, 0.25) is 10.0 Å². The van der Waals surface area contributed by atoms with Crippen molar-refractivity contribution in [2.45, 2.75) is 19.4 Å². The molecule has 0 aliphatic heterocycles. The zero-order valence-corrected chi connectivity index (χ0v) is 18.7. The molecular formula is C22H16Cl2FN7O. The van der Waals surface area contributed by atoms with Crippen LogP contribution < -0.4 is 10.9 Å². The van der Waals surface area contributed by atoms with Gasteiger partial charge in [0.25, 0.3) is 5.56 Å². The Morgan fingerprint density at radius 1 is 1.15 bits per heavy atom. The Hall–Kier alpha value is -3.56. The number of anilines is 1. The number of hydrogen-bond acceptors (Lipinski definition) is 6. The van der Waals surface area contributed by atoms with Crippen molar-refractivity contribution >= 4 is 51.1 Å². The molecule has 2 aromatic carbocycles. The van der Waals surface area contributed by atoms with Gasteiger partial charge >= 0.3 is 0 Å². The Morgan fingerprint density at radius 2 is 1.97 bits per heavy atom. The van der Waals surface area contributed by atoms with E-state index in [4.69, 9.17) is 23.2 Å². The highest BCUT2D eigenvalue weighted by Gasteiger charge is 2.24. The Kier molecular flexibility index (Phi) is 5.43. The van der Waals surface area contributed by atoms with Crippen molar-refractivity contribution in [3.05, 3.63) is 81.1 Å². The average molecular weight is 484 g/mol. The van der Waals surface area contributed by atoms with Crippen LogP contribution in [-0.2, 0) is 0 Å². The van der Waals surface area contributed by atoms with Crippen molar-refractivity contribution in [1.29, 1.82) is 0 Å². The van der Waals surface area contributed by atoms with Gasteiger partial charge in [-0.3, -0.25) is 9.36 Å². The molecule has 3 heterocycles. The number of rotatable bonds is 5. The predicted octanol–water partition coefficient (Wildman–Crippen LogP) is 5.06. The Labute approximate surface area is 196 Å². The number of halogens is 3. The highest BCUT2D eigenvalue weighted by Crippen LogP contribution is 2.32. The molecule has 0 bridgehead atoms. The fourth-order valence-corrected chi connectivity index (χ4v) is 4.10.